The molecule has 1 heterocycles. The molecule has 6 nitrogen and oxygen atoms in total. The first-order chi connectivity index (χ1) is 15.2. The van der Waals surface area contributed by atoms with Gasteiger partial charge in [0.1, 0.15) is 0 Å². The Labute approximate surface area is 183 Å². The molecule has 1 saturated carbocycles. The summed E-state index contributed by atoms with van der Waals surface area (Å²) in [6.07, 6.45) is 5.42. The minimum Gasteiger partial charge on any atom is -0.379 e. The van der Waals surface area contributed by atoms with E-state index in [0.29, 0.717) is 18.2 Å². The lowest BCUT2D eigenvalue weighted by Crippen LogP contribution is -2.35. The van der Waals surface area contributed by atoms with Gasteiger partial charge in [-0.3, -0.25) is 14.5 Å². The highest BCUT2D eigenvalue weighted by Gasteiger charge is 2.23. The molecule has 0 bridgehead atoms. The summed E-state index contributed by atoms with van der Waals surface area (Å²) in [7, 11) is 0. The van der Waals surface area contributed by atoms with Gasteiger partial charge in [0.05, 0.1) is 13.2 Å². The largest absolute Gasteiger partial charge is 0.379 e. The van der Waals surface area contributed by atoms with E-state index in [1.165, 1.54) is 11.6 Å². The second-order valence-corrected chi connectivity index (χ2v) is 8.13. The fourth-order valence-corrected chi connectivity index (χ4v) is 3.52. The molecule has 162 valence electrons. The SMILES string of the molecule is O=C(/C=C/c1ccc(C(=O)NC2CC2)cc1)NCc1cccc(CN2CCOCC2)c1. The van der Waals surface area contributed by atoms with E-state index in [2.05, 4.69) is 27.7 Å². The minimum atomic E-state index is -0.144. The van der Waals surface area contributed by atoms with Crippen LogP contribution in [0.25, 0.3) is 6.08 Å². The molecule has 1 saturated heterocycles. The molecular formula is C25H29N3O3. The number of ether oxygens (including phenoxy) is 1. The van der Waals surface area contributed by atoms with E-state index < -0.39 is 0 Å². The van der Waals surface area contributed by atoms with Gasteiger partial charge in [0.25, 0.3) is 5.91 Å². The molecule has 1 aliphatic heterocycles. The number of carbonyl (C=O) groups excluding carboxylic acids is 2. The van der Waals surface area contributed by atoms with E-state index in [4.69, 9.17) is 4.74 Å². The van der Waals surface area contributed by atoms with E-state index >= 15 is 0 Å². The number of hydrogen-bond acceptors (Lipinski definition) is 4. The number of nitrogens with zero attached hydrogens (tertiary/aromatic N) is 1. The number of hydrogen-bond donors (Lipinski definition) is 2. The lowest BCUT2D eigenvalue weighted by atomic mass is 10.1. The van der Waals surface area contributed by atoms with Crippen molar-refractivity contribution < 1.29 is 14.3 Å². The first-order valence-corrected chi connectivity index (χ1v) is 10.9. The van der Waals surface area contributed by atoms with Gasteiger partial charge < -0.3 is 15.4 Å². The zero-order chi connectivity index (χ0) is 21.5. The van der Waals surface area contributed by atoms with Gasteiger partial charge >= 0.3 is 0 Å². The van der Waals surface area contributed by atoms with Crippen molar-refractivity contribution >= 4 is 17.9 Å². The highest BCUT2D eigenvalue weighted by Crippen LogP contribution is 2.19. The Kier molecular flexibility index (Phi) is 7.12. The third-order valence-corrected chi connectivity index (χ3v) is 5.48. The van der Waals surface area contributed by atoms with Crippen LogP contribution in [0.15, 0.2) is 54.6 Å². The highest BCUT2D eigenvalue weighted by molar-refractivity contribution is 5.95. The van der Waals surface area contributed by atoms with Crippen molar-refractivity contribution in [3.8, 4) is 0 Å². The topological polar surface area (TPSA) is 70.7 Å². The van der Waals surface area contributed by atoms with Gasteiger partial charge in [0, 0.05) is 43.9 Å². The van der Waals surface area contributed by atoms with Crippen LogP contribution in [-0.2, 0) is 22.6 Å². The number of rotatable bonds is 8. The zero-order valence-corrected chi connectivity index (χ0v) is 17.7. The summed E-state index contributed by atoms with van der Waals surface area (Å²) < 4.78 is 5.40. The predicted molar refractivity (Wildman–Crippen MR) is 120 cm³/mol. The van der Waals surface area contributed by atoms with Crippen LogP contribution < -0.4 is 10.6 Å². The summed E-state index contributed by atoms with van der Waals surface area (Å²) in [5.41, 5.74) is 3.85. The third-order valence-electron chi connectivity index (χ3n) is 5.48. The lowest BCUT2D eigenvalue weighted by Gasteiger charge is -2.26. The Morgan fingerprint density at radius 1 is 1.03 bits per heavy atom. The molecule has 1 aliphatic carbocycles. The quantitative estimate of drug-likeness (QED) is 0.646. The van der Waals surface area contributed by atoms with Crippen LogP contribution in [0.4, 0.5) is 0 Å². The fourth-order valence-electron chi connectivity index (χ4n) is 3.52. The maximum Gasteiger partial charge on any atom is 0.251 e. The first-order valence-electron chi connectivity index (χ1n) is 10.9. The summed E-state index contributed by atoms with van der Waals surface area (Å²) >= 11 is 0. The van der Waals surface area contributed by atoms with Crippen LogP contribution in [0.1, 0.15) is 39.9 Å². The van der Waals surface area contributed by atoms with Gasteiger partial charge in [-0.15, -0.1) is 0 Å². The average molecular weight is 420 g/mol. The van der Waals surface area contributed by atoms with Gasteiger partial charge in [-0.2, -0.15) is 0 Å². The van der Waals surface area contributed by atoms with Crippen LogP contribution in [0, 0.1) is 0 Å². The van der Waals surface area contributed by atoms with Crippen LogP contribution in [-0.4, -0.2) is 49.1 Å². The van der Waals surface area contributed by atoms with Crippen molar-refractivity contribution in [3.05, 3.63) is 76.9 Å². The molecule has 2 aromatic carbocycles. The second kappa shape index (κ2) is 10.4. The molecule has 2 aliphatic rings. The number of benzene rings is 2. The zero-order valence-electron chi connectivity index (χ0n) is 17.7. The normalized spacial score (nSPS) is 16.9. The fraction of sp³-hybridized carbons (Fsp3) is 0.360. The Bertz CT molecular complexity index is 929. The highest BCUT2D eigenvalue weighted by atomic mass is 16.5. The molecule has 2 aromatic rings. The molecule has 0 unspecified atom stereocenters. The van der Waals surface area contributed by atoms with E-state index in [-0.39, 0.29) is 11.8 Å². The van der Waals surface area contributed by atoms with Crippen molar-refractivity contribution in [3.63, 3.8) is 0 Å². The number of amides is 2. The maximum atomic E-state index is 12.2. The summed E-state index contributed by atoms with van der Waals surface area (Å²) in [5, 5.41) is 5.90. The average Bonchev–Trinajstić information content (AvgIpc) is 3.61. The van der Waals surface area contributed by atoms with Gasteiger partial charge in [-0.05, 0) is 47.7 Å². The molecule has 6 heteroatoms. The van der Waals surface area contributed by atoms with E-state index in [1.54, 1.807) is 18.2 Å². The molecule has 0 atom stereocenters. The van der Waals surface area contributed by atoms with Gasteiger partial charge in [-0.1, -0.05) is 36.4 Å². The van der Waals surface area contributed by atoms with Gasteiger partial charge in [-0.25, -0.2) is 0 Å². The van der Waals surface area contributed by atoms with E-state index in [0.717, 1.165) is 56.8 Å². The monoisotopic (exact) mass is 419 g/mol. The molecule has 0 spiro atoms. The van der Waals surface area contributed by atoms with Crippen molar-refractivity contribution in [2.24, 2.45) is 0 Å². The molecule has 0 radical (unpaired) electrons. The maximum absolute atomic E-state index is 12.2. The van der Waals surface area contributed by atoms with Crippen molar-refractivity contribution in [2.45, 2.75) is 32.0 Å². The number of morpholine rings is 1. The van der Waals surface area contributed by atoms with Crippen LogP contribution in [0.3, 0.4) is 0 Å². The first kappa shape index (κ1) is 21.3. The molecule has 2 fully saturated rings. The summed E-state index contributed by atoms with van der Waals surface area (Å²) in [4.78, 5) is 26.6. The summed E-state index contributed by atoms with van der Waals surface area (Å²) in [6.45, 7) is 4.88. The Morgan fingerprint density at radius 2 is 1.77 bits per heavy atom. The number of nitrogens with one attached hydrogen (secondary N) is 2. The van der Waals surface area contributed by atoms with E-state index in [1.807, 2.05) is 24.3 Å². The molecular weight excluding hydrogens is 390 g/mol. The lowest BCUT2D eigenvalue weighted by molar-refractivity contribution is -0.116. The minimum absolute atomic E-state index is 0.0355. The van der Waals surface area contributed by atoms with Crippen LogP contribution >= 0.6 is 0 Å². The molecule has 2 amide bonds. The molecule has 2 N–H and O–H groups in total. The summed E-state index contributed by atoms with van der Waals surface area (Å²) in [5.74, 6) is -0.180. The smallest absolute Gasteiger partial charge is 0.251 e. The second-order valence-electron chi connectivity index (χ2n) is 8.13. The van der Waals surface area contributed by atoms with Crippen LogP contribution in [0.2, 0.25) is 0 Å². The van der Waals surface area contributed by atoms with Crippen molar-refractivity contribution in [1.82, 2.24) is 15.5 Å². The van der Waals surface area contributed by atoms with E-state index in [9.17, 15) is 9.59 Å². The predicted octanol–water partition coefficient (Wildman–Crippen LogP) is 2.74. The number of carbonyl (C=O) groups is 2. The molecule has 4 rings (SSSR count). The van der Waals surface area contributed by atoms with Crippen molar-refractivity contribution in [2.75, 3.05) is 26.3 Å². The van der Waals surface area contributed by atoms with Crippen molar-refractivity contribution in [1.29, 1.82) is 0 Å². The summed E-state index contributed by atoms with van der Waals surface area (Å²) in [6, 6.07) is 15.9. The van der Waals surface area contributed by atoms with Gasteiger partial charge in [0.2, 0.25) is 5.91 Å². The molecule has 31 heavy (non-hydrogen) atoms. The third kappa shape index (κ3) is 6.77. The Hall–Kier alpha value is -2.96. The standard InChI is InChI=1S/C25H29N3O3/c29-24(11-6-19-4-7-22(8-5-19)25(30)27-23-9-10-23)26-17-20-2-1-3-21(16-20)18-28-12-14-31-15-13-28/h1-8,11,16,23H,9-10,12-15,17-18H2,(H,26,29)(H,27,30)/b11-6+. The Balaban J connectivity index is 1.24. The Morgan fingerprint density at radius 3 is 2.52 bits per heavy atom. The van der Waals surface area contributed by atoms with Crippen LogP contribution in [0.5, 0.6) is 0 Å². The van der Waals surface area contributed by atoms with Gasteiger partial charge in [0.15, 0.2) is 0 Å². The molecule has 0 aromatic heterocycles.